The van der Waals surface area contributed by atoms with E-state index in [0.717, 1.165) is 35.0 Å². The maximum absolute atomic E-state index is 13.3. The molecule has 6 nitrogen and oxygen atoms in total. The van der Waals surface area contributed by atoms with Gasteiger partial charge in [0.1, 0.15) is 5.82 Å². The van der Waals surface area contributed by atoms with Gasteiger partial charge in [0.25, 0.3) is 5.91 Å². The van der Waals surface area contributed by atoms with E-state index < -0.39 is 0 Å². The van der Waals surface area contributed by atoms with E-state index in [2.05, 4.69) is 25.9 Å². The van der Waals surface area contributed by atoms with E-state index in [1.54, 1.807) is 12.1 Å². The molecule has 1 amide bonds. The van der Waals surface area contributed by atoms with Crippen LogP contribution >= 0.6 is 24.0 Å². The van der Waals surface area contributed by atoms with Gasteiger partial charge in [0.05, 0.1) is 6.54 Å². The molecule has 31 heavy (non-hydrogen) atoms. The second-order valence-corrected chi connectivity index (χ2v) is 6.94. The van der Waals surface area contributed by atoms with Crippen molar-refractivity contribution >= 4 is 46.7 Å². The summed E-state index contributed by atoms with van der Waals surface area (Å²) < 4.78 is 13.3. The van der Waals surface area contributed by atoms with Crippen LogP contribution in [0.25, 0.3) is 10.9 Å². The molecule has 0 bridgehead atoms. The van der Waals surface area contributed by atoms with Crippen molar-refractivity contribution in [2.75, 3.05) is 19.6 Å². The summed E-state index contributed by atoms with van der Waals surface area (Å²) in [5.74, 6) is 0.394. The Kier molecular flexibility index (Phi) is 9.77. The van der Waals surface area contributed by atoms with Crippen LogP contribution in [0, 0.1) is 5.82 Å². The Morgan fingerprint density at radius 2 is 1.87 bits per heavy atom. The van der Waals surface area contributed by atoms with Gasteiger partial charge >= 0.3 is 0 Å². The number of carbonyl (C=O) groups is 1. The Hall–Kier alpha value is -2.62. The summed E-state index contributed by atoms with van der Waals surface area (Å²) in [6.07, 6.45) is 2.70. The number of aromatic amines is 1. The fourth-order valence-electron chi connectivity index (χ4n) is 3.27. The lowest BCUT2D eigenvalue weighted by Crippen LogP contribution is -2.38. The third-order valence-corrected chi connectivity index (χ3v) is 4.71. The van der Waals surface area contributed by atoms with Gasteiger partial charge < -0.3 is 20.9 Å². The molecule has 0 spiro atoms. The lowest BCUT2D eigenvalue weighted by Gasteiger charge is -2.11. The van der Waals surface area contributed by atoms with Crippen LogP contribution in [0.5, 0.6) is 0 Å². The number of nitrogens with zero attached hydrogens (tertiary/aromatic N) is 1. The number of benzene rings is 2. The molecule has 2 aromatic carbocycles. The predicted octanol–water partition coefficient (Wildman–Crippen LogP) is 3.97. The summed E-state index contributed by atoms with van der Waals surface area (Å²) in [4.78, 5) is 19.8. The van der Waals surface area contributed by atoms with E-state index in [4.69, 9.17) is 0 Å². The number of nitrogens with one attached hydrogen (secondary N) is 4. The van der Waals surface area contributed by atoms with Crippen molar-refractivity contribution in [2.45, 2.75) is 26.8 Å². The molecule has 0 atom stereocenters. The summed E-state index contributed by atoms with van der Waals surface area (Å²) in [6, 6.07) is 12.3. The number of aromatic nitrogens is 1. The van der Waals surface area contributed by atoms with Crippen molar-refractivity contribution in [3.05, 3.63) is 71.2 Å². The van der Waals surface area contributed by atoms with Gasteiger partial charge in [0, 0.05) is 42.3 Å². The number of amides is 1. The molecule has 3 aromatic rings. The highest BCUT2D eigenvalue weighted by atomic mass is 127. The fraction of sp³-hybridized carbons (Fsp3) is 0.304. The van der Waals surface area contributed by atoms with Crippen molar-refractivity contribution in [1.29, 1.82) is 0 Å². The zero-order valence-corrected chi connectivity index (χ0v) is 20.1. The predicted molar refractivity (Wildman–Crippen MR) is 135 cm³/mol. The highest BCUT2D eigenvalue weighted by Crippen LogP contribution is 2.19. The molecule has 1 heterocycles. The standard InChI is InChI=1S/C23H28FN5O.HI/c1-3-25-22(30)17-7-5-6-16(12-17)14-29-23(26-4-2)27-11-10-18-15-28-21-13-19(24)8-9-20(18)21;/h5-9,12-13,15,28H,3-4,10-11,14H2,1-2H3,(H,25,30)(H2,26,27,29);1H. The van der Waals surface area contributed by atoms with E-state index in [1.807, 2.05) is 38.2 Å². The van der Waals surface area contributed by atoms with Crippen LogP contribution in [0.15, 0.2) is 53.7 Å². The van der Waals surface area contributed by atoms with Crippen molar-refractivity contribution in [1.82, 2.24) is 20.9 Å². The summed E-state index contributed by atoms with van der Waals surface area (Å²) in [5, 5.41) is 10.4. The maximum Gasteiger partial charge on any atom is 0.251 e. The number of rotatable bonds is 8. The van der Waals surface area contributed by atoms with Crippen LogP contribution < -0.4 is 16.0 Å². The minimum atomic E-state index is -0.244. The monoisotopic (exact) mass is 537 g/mol. The molecule has 0 fully saturated rings. The minimum Gasteiger partial charge on any atom is -0.361 e. The van der Waals surface area contributed by atoms with Gasteiger partial charge in [-0.05, 0) is 61.7 Å². The van der Waals surface area contributed by atoms with Crippen LogP contribution in [0.2, 0.25) is 0 Å². The third kappa shape index (κ3) is 6.95. The third-order valence-electron chi connectivity index (χ3n) is 4.71. The van der Waals surface area contributed by atoms with Gasteiger partial charge in [-0.15, -0.1) is 24.0 Å². The quantitative estimate of drug-likeness (QED) is 0.200. The smallest absolute Gasteiger partial charge is 0.251 e. The first-order valence-electron chi connectivity index (χ1n) is 10.3. The molecule has 166 valence electrons. The number of fused-ring (bicyclic) bond motifs is 1. The first-order valence-corrected chi connectivity index (χ1v) is 10.3. The molecule has 0 saturated carbocycles. The van der Waals surface area contributed by atoms with Crippen molar-refractivity contribution in [3.63, 3.8) is 0 Å². The Labute approximate surface area is 199 Å². The molecule has 0 unspecified atom stereocenters. The number of hydrogen-bond donors (Lipinski definition) is 4. The maximum atomic E-state index is 13.3. The van der Waals surface area contributed by atoms with E-state index in [1.165, 1.54) is 12.1 Å². The van der Waals surface area contributed by atoms with Crippen LogP contribution in [-0.4, -0.2) is 36.5 Å². The summed E-state index contributed by atoms with van der Waals surface area (Å²) in [6.45, 7) is 6.42. The van der Waals surface area contributed by atoms with Gasteiger partial charge in [-0.3, -0.25) is 4.79 Å². The average molecular weight is 537 g/mol. The Morgan fingerprint density at radius 1 is 1.06 bits per heavy atom. The van der Waals surface area contributed by atoms with Gasteiger partial charge in [-0.1, -0.05) is 12.1 Å². The summed E-state index contributed by atoms with van der Waals surface area (Å²) in [7, 11) is 0. The number of guanidine groups is 1. The number of aliphatic imine (C=N–C) groups is 1. The topological polar surface area (TPSA) is 81.3 Å². The molecule has 4 N–H and O–H groups in total. The number of H-pyrrole nitrogens is 1. The second kappa shape index (κ2) is 12.3. The molecule has 0 radical (unpaired) electrons. The Morgan fingerprint density at radius 3 is 2.65 bits per heavy atom. The normalized spacial score (nSPS) is 11.1. The lowest BCUT2D eigenvalue weighted by atomic mass is 10.1. The minimum absolute atomic E-state index is 0. The fourth-order valence-corrected chi connectivity index (χ4v) is 3.27. The summed E-state index contributed by atoms with van der Waals surface area (Å²) >= 11 is 0. The highest BCUT2D eigenvalue weighted by Gasteiger charge is 2.07. The van der Waals surface area contributed by atoms with Crippen molar-refractivity contribution in [3.8, 4) is 0 Å². The molecular formula is C23H29FIN5O. The van der Waals surface area contributed by atoms with Gasteiger partial charge in [-0.25, -0.2) is 9.38 Å². The molecule has 3 rings (SSSR count). The molecule has 1 aromatic heterocycles. The van der Waals surface area contributed by atoms with Gasteiger partial charge in [0.2, 0.25) is 0 Å². The van der Waals surface area contributed by atoms with Crippen molar-refractivity contribution in [2.24, 2.45) is 4.99 Å². The SMILES string of the molecule is CCNC(=O)c1cccc(CN=C(NCC)NCCc2c[nH]c3cc(F)ccc23)c1.I. The van der Waals surface area contributed by atoms with E-state index in [0.29, 0.717) is 31.2 Å². The number of halogens is 2. The van der Waals surface area contributed by atoms with Crippen LogP contribution in [0.4, 0.5) is 4.39 Å². The van der Waals surface area contributed by atoms with Crippen LogP contribution in [0.1, 0.15) is 35.3 Å². The summed E-state index contributed by atoms with van der Waals surface area (Å²) in [5.41, 5.74) is 3.54. The molecule has 0 aliphatic rings. The molecule has 8 heteroatoms. The Bertz CT molecular complexity index is 1030. The largest absolute Gasteiger partial charge is 0.361 e. The Balaban J connectivity index is 0.00000341. The van der Waals surface area contributed by atoms with Crippen LogP contribution in [-0.2, 0) is 13.0 Å². The van der Waals surface area contributed by atoms with Crippen LogP contribution in [0.3, 0.4) is 0 Å². The van der Waals surface area contributed by atoms with Crippen molar-refractivity contribution < 1.29 is 9.18 Å². The zero-order valence-electron chi connectivity index (χ0n) is 17.8. The highest BCUT2D eigenvalue weighted by molar-refractivity contribution is 14.0. The van der Waals surface area contributed by atoms with E-state index in [-0.39, 0.29) is 35.7 Å². The number of hydrogen-bond acceptors (Lipinski definition) is 2. The van der Waals surface area contributed by atoms with Gasteiger partial charge in [0.15, 0.2) is 5.96 Å². The zero-order chi connectivity index (χ0) is 21.3. The first kappa shape index (κ1) is 24.6. The molecule has 0 aliphatic carbocycles. The molecule has 0 saturated heterocycles. The number of carbonyl (C=O) groups excluding carboxylic acids is 1. The molecular weight excluding hydrogens is 508 g/mol. The second-order valence-electron chi connectivity index (χ2n) is 6.94. The average Bonchev–Trinajstić information content (AvgIpc) is 3.14. The molecule has 0 aliphatic heterocycles. The van der Waals surface area contributed by atoms with Gasteiger partial charge in [-0.2, -0.15) is 0 Å². The van der Waals surface area contributed by atoms with E-state index in [9.17, 15) is 9.18 Å². The van der Waals surface area contributed by atoms with E-state index >= 15 is 0 Å². The first-order chi connectivity index (χ1) is 14.6. The lowest BCUT2D eigenvalue weighted by molar-refractivity contribution is 0.0955.